The van der Waals surface area contributed by atoms with E-state index in [2.05, 4.69) is 5.32 Å². The Bertz CT molecular complexity index is 613. The van der Waals surface area contributed by atoms with Gasteiger partial charge in [0.05, 0.1) is 7.11 Å². The Morgan fingerprint density at radius 2 is 1.89 bits per heavy atom. The van der Waals surface area contributed by atoms with Gasteiger partial charge in [0.2, 0.25) is 0 Å². The fourth-order valence-electron chi connectivity index (χ4n) is 1.93. The van der Waals surface area contributed by atoms with Gasteiger partial charge in [0.15, 0.2) is 0 Å². The molecule has 4 nitrogen and oxygen atoms in total. The van der Waals surface area contributed by atoms with Crippen LogP contribution in [-0.2, 0) is 11.1 Å². The normalized spacial score (nSPS) is 11.9. The van der Waals surface area contributed by atoms with Crippen LogP contribution in [0.1, 0.15) is 0 Å². The van der Waals surface area contributed by atoms with Gasteiger partial charge >= 0.3 is 0 Å². The zero-order valence-electron chi connectivity index (χ0n) is 10.7. The van der Waals surface area contributed by atoms with Crippen LogP contribution in [0.2, 0.25) is 0 Å². The van der Waals surface area contributed by atoms with Crippen LogP contribution >= 0.6 is 0 Å². The van der Waals surface area contributed by atoms with E-state index in [1.54, 1.807) is 32.4 Å². The fraction of sp³-hybridized carbons (Fsp3) is 0.143. The molecule has 5 heteroatoms. The number of hydrogen-bond donors (Lipinski definition) is 1. The van der Waals surface area contributed by atoms with E-state index in [0.717, 1.165) is 11.3 Å². The highest BCUT2D eigenvalue weighted by molar-refractivity contribution is 7.79. The maximum absolute atomic E-state index is 11.3. The smallest absolute Gasteiger partial charge is 0.119 e. The molecule has 0 aliphatic heterocycles. The van der Waals surface area contributed by atoms with E-state index in [1.807, 2.05) is 24.3 Å². The molecule has 100 valence electrons. The summed E-state index contributed by atoms with van der Waals surface area (Å²) >= 11 is -2.28. The van der Waals surface area contributed by atoms with Gasteiger partial charge in [-0.3, -0.25) is 4.21 Å². The van der Waals surface area contributed by atoms with Gasteiger partial charge in [0, 0.05) is 23.2 Å². The zero-order chi connectivity index (χ0) is 13.8. The molecule has 1 N–H and O–H groups in total. The van der Waals surface area contributed by atoms with Gasteiger partial charge in [-0.1, -0.05) is 18.2 Å². The molecule has 0 fully saturated rings. The van der Waals surface area contributed by atoms with Gasteiger partial charge < -0.3 is 14.6 Å². The monoisotopic (exact) mass is 276 g/mol. The van der Waals surface area contributed by atoms with Crippen molar-refractivity contribution in [3.63, 3.8) is 0 Å². The quantitative estimate of drug-likeness (QED) is 0.872. The van der Waals surface area contributed by atoms with E-state index < -0.39 is 11.1 Å². The number of hydrogen-bond acceptors (Lipinski definition) is 4. The molecule has 0 aliphatic rings. The number of methoxy groups -OCH3 is 1. The van der Waals surface area contributed by atoms with E-state index in [1.165, 1.54) is 0 Å². The second-order valence-corrected chi connectivity index (χ2v) is 4.80. The van der Waals surface area contributed by atoms with Crippen LogP contribution in [-0.4, -0.2) is 22.9 Å². The van der Waals surface area contributed by atoms with Crippen molar-refractivity contribution < 1.29 is 13.5 Å². The van der Waals surface area contributed by atoms with E-state index in [0.29, 0.717) is 11.3 Å². The first-order chi connectivity index (χ1) is 9.17. The topological polar surface area (TPSA) is 61.4 Å². The first-order valence-corrected chi connectivity index (χ1v) is 6.79. The standard InChI is InChI=1S/C14H15NO3S/c1-15-13-8-7-10(18-2)9-12(13)11-5-3-4-6-14(11)19(16)17/h3-9,15H,1-2H3,(H,16,17)/p-1. The number of benzene rings is 2. The van der Waals surface area contributed by atoms with Crippen molar-refractivity contribution in [1.29, 1.82) is 0 Å². The molecule has 0 amide bonds. The Hall–Kier alpha value is -1.85. The predicted molar refractivity (Wildman–Crippen MR) is 75.2 cm³/mol. The first-order valence-electron chi connectivity index (χ1n) is 5.72. The third-order valence-corrected chi connectivity index (χ3v) is 3.57. The molecule has 0 radical (unpaired) electrons. The minimum absolute atomic E-state index is 0.271. The maximum atomic E-state index is 11.3. The maximum Gasteiger partial charge on any atom is 0.119 e. The highest BCUT2D eigenvalue weighted by Crippen LogP contribution is 2.34. The van der Waals surface area contributed by atoms with Gasteiger partial charge in [-0.2, -0.15) is 0 Å². The lowest BCUT2D eigenvalue weighted by atomic mass is 10.0. The second kappa shape index (κ2) is 5.86. The highest BCUT2D eigenvalue weighted by Gasteiger charge is 2.10. The summed E-state index contributed by atoms with van der Waals surface area (Å²) in [4.78, 5) is 0.271. The predicted octanol–water partition coefficient (Wildman–Crippen LogP) is 2.64. The first kappa shape index (κ1) is 13.6. The highest BCUT2D eigenvalue weighted by atomic mass is 32.2. The van der Waals surface area contributed by atoms with Gasteiger partial charge in [0.25, 0.3) is 0 Å². The lowest BCUT2D eigenvalue weighted by Gasteiger charge is -2.16. The van der Waals surface area contributed by atoms with E-state index in [-0.39, 0.29) is 4.90 Å². The second-order valence-electron chi connectivity index (χ2n) is 3.89. The largest absolute Gasteiger partial charge is 0.768 e. The van der Waals surface area contributed by atoms with Crippen LogP contribution in [0.3, 0.4) is 0 Å². The van der Waals surface area contributed by atoms with Gasteiger partial charge in [0.1, 0.15) is 5.75 Å². The third kappa shape index (κ3) is 2.77. The molecule has 19 heavy (non-hydrogen) atoms. The fourth-order valence-corrected chi connectivity index (χ4v) is 2.47. The zero-order valence-corrected chi connectivity index (χ0v) is 11.5. The SMILES string of the molecule is CNc1ccc(OC)cc1-c1ccccc1S(=O)[O-]. The molecule has 0 saturated carbocycles. The lowest BCUT2D eigenvalue weighted by molar-refractivity contribution is 0.415. The number of ether oxygens (including phenoxy) is 1. The van der Waals surface area contributed by atoms with Crippen LogP contribution in [0.5, 0.6) is 5.75 Å². The molecule has 1 atom stereocenters. The minimum atomic E-state index is -2.28. The summed E-state index contributed by atoms with van der Waals surface area (Å²) in [6.07, 6.45) is 0. The summed E-state index contributed by atoms with van der Waals surface area (Å²) < 4.78 is 27.8. The third-order valence-electron chi connectivity index (χ3n) is 2.85. The van der Waals surface area contributed by atoms with Crippen molar-refractivity contribution in [3.8, 4) is 16.9 Å². The van der Waals surface area contributed by atoms with Crippen LogP contribution in [0.4, 0.5) is 5.69 Å². The average Bonchev–Trinajstić information content (AvgIpc) is 2.46. The molecule has 2 aromatic carbocycles. The Balaban J connectivity index is 2.66. The molecule has 1 unspecified atom stereocenters. The van der Waals surface area contributed by atoms with Crippen molar-refractivity contribution in [2.24, 2.45) is 0 Å². The van der Waals surface area contributed by atoms with Gasteiger partial charge in [-0.25, -0.2) is 0 Å². The summed E-state index contributed by atoms with van der Waals surface area (Å²) in [5.74, 6) is 0.681. The summed E-state index contributed by atoms with van der Waals surface area (Å²) in [5, 5.41) is 3.05. The van der Waals surface area contributed by atoms with E-state index >= 15 is 0 Å². The molecule has 2 rings (SSSR count). The lowest BCUT2D eigenvalue weighted by Crippen LogP contribution is -1.97. The molecule has 0 spiro atoms. The number of anilines is 1. The molecule has 0 aromatic heterocycles. The van der Waals surface area contributed by atoms with Crippen LogP contribution in [0.25, 0.3) is 11.1 Å². The molecule has 2 aromatic rings. The van der Waals surface area contributed by atoms with Crippen LogP contribution in [0, 0.1) is 0 Å². The summed E-state index contributed by atoms with van der Waals surface area (Å²) in [7, 11) is 3.37. The van der Waals surface area contributed by atoms with E-state index in [4.69, 9.17) is 4.74 Å². The van der Waals surface area contributed by atoms with E-state index in [9.17, 15) is 8.76 Å². The molecular weight excluding hydrogens is 262 g/mol. The summed E-state index contributed by atoms with van der Waals surface area (Å²) in [6, 6.07) is 12.4. The Morgan fingerprint density at radius 3 is 2.53 bits per heavy atom. The minimum Gasteiger partial charge on any atom is -0.768 e. The Labute approximate surface area is 114 Å². The van der Waals surface area contributed by atoms with Gasteiger partial charge in [-0.15, -0.1) is 0 Å². The Kier molecular flexibility index (Phi) is 4.19. The van der Waals surface area contributed by atoms with Crippen molar-refractivity contribution in [2.45, 2.75) is 4.90 Å². The number of rotatable bonds is 4. The number of nitrogens with one attached hydrogen (secondary N) is 1. The van der Waals surface area contributed by atoms with Crippen molar-refractivity contribution in [3.05, 3.63) is 42.5 Å². The molecular formula is C14H14NO3S-. The summed E-state index contributed by atoms with van der Waals surface area (Å²) in [5.41, 5.74) is 2.29. The van der Waals surface area contributed by atoms with Crippen molar-refractivity contribution in [2.75, 3.05) is 19.5 Å². The van der Waals surface area contributed by atoms with Crippen LogP contribution in [0.15, 0.2) is 47.4 Å². The molecule has 0 aliphatic carbocycles. The van der Waals surface area contributed by atoms with Gasteiger partial charge in [-0.05, 0) is 40.9 Å². The van der Waals surface area contributed by atoms with Crippen LogP contribution < -0.4 is 10.1 Å². The average molecular weight is 276 g/mol. The summed E-state index contributed by atoms with van der Waals surface area (Å²) in [6.45, 7) is 0. The molecule has 0 heterocycles. The molecule has 0 saturated heterocycles. The molecule has 0 bridgehead atoms. The Morgan fingerprint density at radius 1 is 1.16 bits per heavy atom. The van der Waals surface area contributed by atoms with Crippen molar-refractivity contribution in [1.82, 2.24) is 0 Å². The van der Waals surface area contributed by atoms with Crippen molar-refractivity contribution >= 4 is 16.8 Å².